The Bertz CT molecular complexity index is 317. The van der Waals surface area contributed by atoms with Crippen molar-refractivity contribution in [3.63, 3.8) is 0 Å². The number of furan rings is 1. The van der Waals surface area contributed by atoms with Crippen molar-refractivity contribution in [2.24, 2.45) is 0 Å². The van der Waals surface area contributed by atoms with Crippen molar-refractivity contribution in [1.82, 2.24) is 5.32 Å². The van der Waals surface area contributed by atoms with Crippen molar-refractivity contribution in [2.75, 3.05) is 6.54 Å². The molecule has 1 aromatic rings. The van der Waals surface area contributed by atoms with E-state index in [4.69, 9.17) is 4.42 Å². The van der Waals surface area contributed by atoms with Crippen molar-refractivity contribution in [2.45, 2.75) is 6.92 Å². The lowest BCUT2D eigenvalue weighted by atomic mass is 10.4. The number of allylic oxidation sites excluding steroid dienone is 1. The Morgan fingerprint density at radius 2 is 2.46 bits per heavy atom. The van der Waals surface area contributed by atoms with E-state index in [0.717, 1.165) is 0 Å². The predicted molar refractivity (Wildman–Crippen MR) is 53.6 cm³/mol. The molecule has 0 aliphatic carbocycles. The molecule has 13 heavy (non-hydrogen) atoms. The van der Waals surface area contributed by atoms with Crippen molar-refractivity contribution >= 4 is 21.8 Å². The molecule has 0 fully saturated rings. The molecule has 3 nitrogen and oxygen atoms in total. The largest absolute Gasteiger partial charge is 0.444 e. The van der Waals surface area contributed by atoms with Crippen LogP contribution in [0.25, 0.3) is 0 Å². The van der Waals surface area contributed by atoms with Crippen LogP contribution in [0.15, 0.2) is 33.4 Å². The standard InChI is InChI=1S/C9H10BrNO2/c1-2-3-6-11-9(12)7-4-5-8(10)13-7/h2-5H,6H2,1H3,(H,11,12)/b3-2+. The SMILES string of the molecule is C/C=C/CNC(=O)c1ccc(Br)o1. The average Bonchev–Trinajstić information content (AvgIpc) is 2.52. The molecular weight excluding hydrogens is 234 g/mol. The Hall–Kier alpha value is -1.03. The highest BCUT2D eigenvalue weighted by Crippen LogP contribution is 2.13. The molecule has 0 aliphatic heterocycles. The van der Waals surface area contributed by atoms with Gasteiger partial charge in [-0.2, -0.15) is 0 Å². The molecule has 0 saturated carbocycles. The first-order chi connectivity index (χ1) is 6.24. The lowest BCUT2D eigenvalue weighted by molar-refractivity contribution is 0.0929. The molecule has 70 valence electrons. The van der Waals surface area contributed by atoms with E-state index in [1.165, 1.54) is 0 Å². The molecule has 0 unspecified atom stereocenters. The maximum Gasteiger partial charge on any atom is 0.287 e. The smallest absolute Gasteiger partial charge is 0.287 e. The molecule has 0 spiro atoms. The number of hydrogen-bond acceptors (Lipinski definition) is 2. The van der Waals surface area contributed by atoms with Crippen LogP contribution in [0.4, 0.5) is 0 Å². The molecule has 1 amide bonds. The van der Waals surface area contributed by atoms with Gasteiger partial charge in [-0.25, -0.2) is 0 Å². The van der Waals surface area contributed by atoms with E-state index in [0.29, 0.717) is 17.0 Å². The summed E-state index contributed by atoms with van der Waals surface area (Å²) in [5.41, 5.74) is 0. The fourth-order valence-corrected chi connectivity index (χ4v) is 1.10. The van der Waals surface area contributed by atoms with Crippen LogP contribution >= 0.6 is 15.9 Å². The minimum Gasteiger partial charge on any atom is -0.444 e. The number of nitrogens with one attached hydrogen (secondary N) is 1. The van der Waals surface area contributed by atoms with Crippen LogP contribution in [0.1, 0.15) is 17.5 Å². The van der Waals surface area contributed by atoms with Gasteiger partial charge in [0.2, 0.25) is 0 Å². The second-order valence-corrected chi connectivity index (χ2v) is 3.16. The first kappa shape index (κ1) is 10.1. The summed E-state index contributed by atoms with van der Waals surface area (Å²) in [7, 11) is 0. The molecule has 0 bridgehead atoms. The zero-order chi connectivity index (χ0) is 9.68. The highest BCUT2D eigenvalue weighted by atomic mass is 79.9. The second kappa shape index (κ2) is 4.87. The van der Waals surface area contributed by atoms with E-state index >= 15 is 0 Å². The van der Waals surface area contributed by atoms with Gasteiger partial charge in [-0.1, -0.05) is 12.2 Å². The van der Waals surface area contributed by atoms with Crippen molar-refractivity contribution in [3.8, 4) is 0 Å². The summed E-state index contributed by atoms with van der Waals surface area (Å²) in [6, 6.07) is 3.31. The first-order valence-electron chi connectivity index (χ1n) is 3.88. The van der Waals surface area contributed by atoms with Gasteiger partial charge in [0.15, 0.2) is 10.4 Å². The molecule has 1 aromatic heterocycles. The highest BCUT2D eigenvalue weighted by Gasteiger charge is 2.07. The summed E-state index contributed by atoms with van der Waals surface area (Å²) in [6.45, 7) is 2.42. The molecule has 1 heterocycles. The van der Waals surface area contributed by atoms with Gasteiger partial charge in [-0.15, -0.1) is 0 Å². The molecule has 0 saturated heterocycles. The van der Waals surface area contributed by atoms with E-state index in [2.05, 4.69) is 21.2 Å². The third kappa shape index (κ3) is 3.06. The van der Waals surface area contributed by atoms with Crippen LogP contribution in [0.5, 0.6) is 0 Å². The van der Waals surface area contributed by atoms with Crippen LogP contribution in [-0.4, -0.2) is 12.5 Å². The van der Waals surface area contributed by atoms with Gasteiger partial charge < -0.3 is 9.73 Å². The van der Waals surface area contributed by atoms with Crippen molar-refractivity contribution in [1.29, 1.82) is 0 Å². The maximum atomic E-state index is 11.3. The first-order valence-corrected chi connectivity index (χ1v) is 4.68. The molecule has 1 N–H and O–H groups in total. The predicted octanol–water partition coefficient (Wildman–Crippen LogP) is 2.35. The van der Waals surface area contributed by atoms with Crippen LogP contribution in [0, 0.1) is 0 Å². The number of hydrogen-bond donors (Lipinski definition) is 1. The zero-order valence-electron chi connectivity index (χ0n) is 7.21. The fourth-order valence-electron chi connectivity index (χ4n) is 0.793. The average molecular weight is 244 g/mol. The summed E-state index contributed by atoms with van der Waals surface area (Å²) in [5.74, 6) is 0.111. The van der Waals surface area contributed by atoms with Gasteiger partial charge in [0.1, 0.15) is 0 Å². The summed E-state index contributed by atoms with van der Waals surface area (Å²) in [6.07, 6.45) is 3.73. The van der Waals surface area contributed by atoms with Crippen LogP contribution in [0.3, 0.4) is 0 Å². The van der Waals surface area contributed by atoms with Gasteiger partial charge in [-0.05, 0) is 35.0 Å². The molecular formula is C9H10BrNO2. The maximum absolute atomic E-state index is 11.3. The van der Waals surface area contributed by atoms with Crippen LogP contribution in [0.2, 0.25) is 0 Å². The molecule has 0 aliphatic rings. The summed E-state index contributed by atoms with van der Waals surface area (Å²) >= 11 is 3.12. The minimum absolute atomic E-state index is 0.205. The Kier molecular flexibility index (Phi) is 3.76. The summed E-state index contributed by atoms with van der Waals surface area (Å²) in [5, 5.41) is 2.67. The Labute approximate surface area is 84.9 Å². The Balaban J connectivity index is 2.49. The number of rotatable bonds is 3. The van der Waals surface area contributed by atoms with Gasteiger partial charge >= 0.3 is 0 Å². The molecule has 4 heteroatoms. The lowest BCUT2D eigenvalue weighted by Gasteiger charge is -1.97. The normalized spacial score (nSPS) is 10.6. The van der Waals surface area contributed by atoms with Gasteiger partial charge in [0.25, 0.3) is 5.91 Å². The summed E-state index contributed by atoms with van der Waals surface area (Å²) < 4.78 is 5.62. The topological polar surface area (TPSA) is 42.2 Å². The zero-order valence-corrected chi connectivity index (χ0v) is 8.80. The fraction of sp³-hybridized carbons (Fsp3) is 0.222. The minimum atomic E-state index is -0.205. The Morgan fingerprint density at radius 3 is 3.00 bits per heavy atom. The third-order valence-corrected chi connectivity index (χ3v) is 1.84. The number of amides is 1. The monoisotopic (exact) mass is 243 g/mol. The van der Waals surface area contributed by atoms with E-state index in [9.17, 15) is 4.79 Å². The van der Waals surface area contributed by atoms with Crippen LogP contribution in [-0.2, 0) is 0 Å². The van der Waals surface area contributed by atoms with E-state index in [1.54, 1.807) is 12.1 Å². The number of carbonyl (C=O) groups excluding carboxylic acids is 1. The second-order valence-electron chi connectivity index (χ2n) is 2.38. The van der Waals surface area contributed by atoms with Gasteiger partial charge in [0, 0.05) is 6.54 Å². The summed E-state index contributed by atoms with van der Waals surface area (Å²) in [4.78, 5) is 11.3. The number of halogens is 1. The van der Waals surface area contributed by atoms with Crippen molar-refractivity contribution in [3.05, 3.63) is 34.7 Å². The van der Waals surface area contributed by atoms with Crippen LogP contribution < -0.4 is 5.32 Å². The van der Waals surface area contributed by atoms with Crippen molar-refractivity contribution < 1.29 is 9.21 Å². The quantitative estimate of drug-likeness (QED) is 0.829. The molecule has 0 aromatic carbocycles. The number of carbonyl (C=O) groups is 1. The molecule has 1 rings (SSSR count). The van der Waals surface area contributed by atoms with E-state index in [1.807, 2.05) is 19.1 Å². The van der Waals surface area contributed by atoms with Gasteiger partial charge in [0.05, 0.1) is 0 Å². The van der Waals surface area contributed by atoms with E-state index in [-0.39, 0.29) is 5.91 Å². The highest BCUT2D eigenvalue weighted by molar-refractivity contribution is 9.10. The van der Waals surface area contributed by atoms with E-state index < -0.39 is 0 Å². The third-order valence-electron chi connectivity index (χ3n) is 1.41. The lowest BCUT2D eigenvalue weighted by Crippen LogP contribution is -2.22. The molecule has 0 radical (unpaired) electrons. The van der Waals surface area contributed by atoms with Gasteiger partial charge in [-0.3, -0.25) is 4.79 Å². The molecule has 0 atom stereocenters. The Morgan fingerprint density at radius 1 is 1.69 bits per heavy atom.